The summed E-state index contributed by atoms with van der Waals surface area (Å²) in [5.74, 6) is -0.165. The number of nitrogens with zero attached hydrogens (tertiary/aromatic N) is 2. The first-order valence-electron chi connectivity index (χ1n) is 7.04. The Balaban J connectivity index is 1.87. The SMILES string of the molecule is O=C(c1ccncc1)N1CCS(=O)(=O)C(c2ccccc2)C1. The molecule has 1 aliphatic heterocycles. The molecule has 5 nitrogen and oxygen atoms in total. The van der Waals surface area contributed by atoms with Gasteiger partial charge in [0.1, 0.15) is 5.25 Å². The Bertz CT molecular complexity index is 760. The van der Waals surface area contributed by atoms with Crippen molar-refractivity contribution in [2.75, 3.05) is 18.8 Å². The Kier molecular flexibility index (Phi) is 3.94. The predicted molar refractivity (Wildman–Crippen MR) is 83.1 cm³/mol. The van der Waals surface area contributed by atoms with E-state index in [2.05, 4.69) is 4.98 Å². The van der Waals surface area contributed by atoms with Crippen molar-refractivity contribution in [1.29, 1.82) is 0 Å². The molecule has 0 spiro atoms. The lowest BCUT2D eigenvalue weighted by atomic mass is 10.1. The highest BCUT2D eigenvalue weighted by Crippen LogP contribution is 2.28. The first-order valence-corrected chi connectivity index (χ1v) is 8.75. The molecule has 1 aliphatic rings. The zero-order valence-corrected chi connectivity index (χ0v) is 12.7. The fraction of sp³-hybridized carbons (Fsp3) is 0.250. The number of pyridine rings is 1. The molecule has 1 amide bonds. The fourth-order valence-electron chi connectivity index (χ4n) is 2.63. The number of carbonyl (C=O) groups is 1. The first kappa shape index (κ1) is 14.7. The van der Waals surface area contributed by atoms with Crippen molar-refractivity contribution in [1.82, 2.24) is 9.88 Å². The summed E-state index contributed by atoms with van der Waals surface area (Å²) in [6.07, 6.45) is 3.12. The number of hydrogen-bond acceptors (Lipinski definition) is 4. The van der Waals surface area contributed by atoms with Gasteiger partial charge in [0, 0.05) is 31.0 Å². The summed E-state index contributed by atoms with van der Waals surface area (Å²) in [6, 6.07) is 12.3. The van der Waals surface area contributed by atoms with Gasteiger partial charge in [0.25, 0.3) is 5.91 Å². The third-order valence-corrected chi connectivity index (χ3v) is 5.89. The molecule has 0 bridgehead atoms. The van der Waals surface area contributed by atoms with Crippen LogP contribution in [0, 0.1) is 0 Å². The standard InChI is InChI=1S/C16H16N2O3S/c19-16(14-6-8-17-9-7-14)18-10-11-22(20,21)15(12-18)13-4-2-1-3-5-13/h1-9,15H,10-12H2. The van der Waals surface area contributed by atoms with Gasteiger partial charge in [0.15, 0.2) is 9.84 Å². The van der Waals surface area contributed by atoms with Crippen LogP contribution in [-0.2, 0) is 9.84 Å². The van der Waals surface area contributed by atoms with E-state index in [0.29, 0.717) is 5.56 Å². The average Bonchev–Trinajstić information content (AvgIpc) is 2.55. The largest absolute Gasteiger partial charge is 0.336 e. The molecule has 1 atom stereocenters. The lowest BCUT2D eigenvalue weighted by Crippen LogP contribution is -2.45. The molecule has 0 N–H and O–H groups in total. The second-order valence-electron chi connectivity index (χ2n) is 5.25. The van der Waals surface area contributed by atoms with Crippen LogP contribution in [0.25, 0.3) is 0 Å². The van der Waals surface area contributed by atoms with E-state index in [1.165, 1.54) is 0 Å². The number of aromatic nitrogens is 1. The maximum atomic E-state index is 12.5. The molecule has 3 rings (SSSR count). The Labute approximate surface area is 129 Å². The number of rotatable bonds is 2. The number of amides is 1. The quantitative estimate of drug-likeness (QED) is 0.845. The van der Waals surface area contributed by atoms with Crippen molar-refractivity contribution in [3.63, 3.8) is 0 Å². The van der Waals surface area contributed by atoms with Gasteiger partial charge in [-0.2, -0.15) is 0 Å². The Morgan fingerprint density at radius 2 is 1.77 bits per heavy atom. The molecule has 0 saturated carbocycles. The Hall–Kier alpha value is -2.21. The van der Waals surface area contributed by atoms with Crippen LogP contribution in [0.4, 0.5) is 0 Å². The van der Waals surface area contributed by atoms with Gasteiger partial charge in [-0.05, 0) is 17.7 Å². The van der Waals surface area contributed by atoms with E-state index in [1.54, 1.807) is 41.6 Å². The number of benzene rings is 1. The van der Waals surface area contributed by atoms with E-state index in [-0.39, 0.29) is 24.7 Å². The van der Waals surface area contributed by atoms with Crippen LogP contribution in [-0.4, -0.2) is 43.1 Å². The molecule has 2 heterocycles. The minimum absolute atomic E-state index is 0.0105. The maximum Gasteiger partial charge on any atom is 0.254 e. The zero-order chi connectivity index (χ0) is 15.6. The zero-order valence-electron chi connectivity index (χ0n) is 11.9. The highest BCUT2D eigenvalue weighted by Gasteiger charge is 2.36. The predicted octanol–water partition coefficient (Wildman–Crippen LogP) is 1.69. The number of sulfone groups is 1. The summed E-state index contributed by atoms with van der Waals surface area (Å²) in [6.45, 7) is 0.417. The molecule has 1 unspecified atom stereocenters. The van der Waals surface area contributed by atoms with Crippen LogP contribution in [0.1, 0.15) is 21.2 Å². The highest BCUT2D eigenvalue weighted by atomic mass is 32.2. The Morgan fingerprint density at radius 3 is 2.45 bits per heavy atom. The van der Waals surface area contributed by atoms with Crippen molar-refractivity contribution < 1.29 is 13.2 Å². The summed E-state index contributed by atoms with van der Waals surface area (Å²) in [5.41, 5.74) is 1.26. The average molecular weight is 316 g/mol. The summed E-state index contributed by atoms with van der Waals surface area (Å²) >= 11 is 0. The molecular formula is C16H16N2O3S. The summed E-state index contributed by atoms with van der Waals surface area (Å²) in [7, 11) is -3.23. The lowest BCUT2D eigenvalue weighted by molar-refractivity contribution is 0.0758. The van der Waals surface area contributed by atoms with E-state index in [4.69, 9.17) is 0 Å². The first-order chi connectivity index (χ1) is 10.6. The van der Waals surface area contributed by atoms with Gasteiger partial charge >= 0.3 is 0 Å². The van der Waals surface area contributed by atoms with Gasteiger partial charge in [-0.25, -0.2) is 8.42 Å². The molecule has 1 fully saturated rings. The van der Waals surface area contributed by atoms with Crippen molar-refractivity contribution in [3.05, 3.63) is 66.0 Å². The lowest BCUT2D eigenvalue weighted by Gasteiger charge is -2.33. The van der Waals surface area contributed by atoms with Crippen molar-refractivity contribution in [2.24, 2.45) is 0 Å². The topological polar surface area (TPSA) is 67.3 Å². The molecule has 0 aliphatic carbocycles. The molecule has 6 heteroatoms. The van der Waals surface area contributed by atoms with Crippen molar-refractivity contribution >= 4 is 15.7 Å². The number of carbonyl (C=O) groups excluding carboxylic acids is 1. The number of hydrogen-bond donors (Lipinski definition) is 0. The molecule has 22 heavy (non-hydrogen) atoms. The minimum Gasteiger partial charge on any atom is -0.336 e. The monoisotopic (exact) mass is 316 g/mol. The molecule has 1 aromatic heterocycles. The van der Waals surface area contributed by atoms with E-state index in [1.807, 2.05) is 18.2 Å². The second-order valence-corrected chi connectivity index (χ2v) is 7.56. The molecule has 2 aromatic rings. The summed E-state index contributed by atoms with van der Waals surface area (Å²) in [5, 5.41) is -0.659. The van der Waals surface area contributed by atoms with Gasteiger partial charge in [-0.3, -0.25) is 9.78 Å². The van der Waals surface area contributed by atoms with Gasteiger partial charge in [-0.15, -0.1) is 0 Å². The molecule has 0 radical (unpaired) electrons. The van der Waals surface area contributed by atoms with Gasteiger partial charge in [-0.1, -0.05) is 30.3 Å². The Morgan fingerprint density at radius 1 is 1.09 bits per heavy atom. The van der Waals surface area contributed by atoms with Crippen molar-refractivity contribution in [2.45, 2.75) is 5.25 Å². The third-order valence-electron chi connectivity index (χ3n) is 3.85. The van der Waals surface area contributed by atoms with Crippen LogP contribution in [0.2, 0.25) is 0 Å². The maximum absolute atomic E-state index is 12.5. The van der Waals surface area contributed by atoms with Gasteiger partial charge in [0.05, 0.1) is 5.75 Å². The van der Waals surface area contributed by atoms with E-state index < -0.39 is 15.1 Å². The minimum atomic E-state index is -3.23. The smallest absolute Gasteiger partial charge is 0.254 e. The van der Waals surface area contributed by atoms with E-state index >= 15 is 0 Å². The van der Waals surface area contributed by atoms with Crippen LogP contribution in [0.5, 0.6) is 0 Å². The fourth-order valence-corrected chi connectivity index (χ4v) is 4.36. The second kappa shape index (κ2) is 5.88. The summed E-state index contributed by atoms with van der Waals surface area (Å²) in [4.78, 5) is 18.0. The molecular weight excluding hydrogens is 300 g/mol. The molecule has 1 saturated heterocycles. The highest BCUT2D eigenvalue weighted by molar-refractivity contribution is 7.91. The van der Waals surface area contributed by atoms with Crippen LogP contribution >= 0.6 is 0 Å². The van der Waals surface area contributed by atoms with Gasteiger partial charge in [0.2, 0.25) is 0 Å². The molecule has 114 valence electrons. The van der Waals surface area contributed by atoms with E-state index in [0.717, 1.165) is 5.56 Å². The summed E-state index contributed by atoms with van der Waals surface area (Å²) < 4.78 is 24.7. The van der Waals surface area contributed by atoms with Crippen molar-refractivity contribution in [3.8, 4) is 0 Å². The van der Waals surface area contributed by atoms with Gasteiger partial charge < -0.3 is 4.90 Å². The van der Waals surface area contributed by atoms with Crippen LogP contribution in [0.15, 0.2) is 54.9 Å². The third kappa shape index (κ3) is 2.87. The van der Waals surface area contributed by atoms with E-state index in [9.17, 15) is 13.2 Å². The normalized spacial score (nSPS) is 20.5. The van der Waals surface area contributed by atoms with Crippen LogP contribution in [0.3, 0.4) is 0 Å². The molecule has 1 aromatic carbocycles. The van der Waals surface area contributed by atoms with Crippen LogP contribution < -0.4 is 0 Å².